The van der Waals surface area contributed by atoms with Crippen molar-refractivity contribution in [1.29, 1.82) is 0 Å². The normalized spacial score (nSPS) is 17.0. The van der Waals surface area contributed by atoms with Crippen molar-refractivity contribution in [2.24, 2.45) is 10.9 Å². The maximum atomic E-state index is 12.8. The van der Waals surface area contributed by atoms with Crippen molar-refractivity contribution in [2.45, 2.75) is 32.6 Å². The number of carbonyl (C=O) groups excluding carboxylic acids is 2. The summed E-state index contributed by atoms with van der Waals surface area (Å²) in [4.78, 5) is 42.2. The molecule has 0 fully saturated rings. The number of hydrogen-bond donors (Lipinski definition) is 0. The number of aliphatic imine (C=N–C) groups is 1. The second-order valence-corrected chi connectivity index (χ2v) is 9.10. The van der Waals surface area contributed by atoms with E-state index in [9.17, 15) is 14.4 Å². The van der Waals surface area contributed by atoms with Crippen LogP contribution in [0.25, 0.3) is 11.0 Å². The van der Waals surface area contributed by atoms with Gasteiger partial charge in [0.1, 0.15) is 17.3 Å². The highest BCUT2D eigenvalue weighted by molar-refractivity contribution is 6.07. The summed E-state index contributed by atoms with van der Waals surface area (Å²) in [7, 11) is 2.60. The molecule has 39 heavy (non-hydrogen) atoms. The molecule has 2 atom stereocenters. The zero-order valence-corrected chi connectivity index (χ0v) is 22.4. The Kier molecular flexibility index (Phi) is 8.81. The number of para-hydroxylation sites is 2. The third kappa shape index (κ3) is 6.03. The number of allylic oxidation sites excluding steroid dienone is 1. The topological polar surface area (TPSA) is 114 Å². The lowest BCUT2D eigenvalue weighted by molar-refractivity contribution is -0.143. The van der Waals surface area contributed by atoms with Gasteiger partial charge in [0.15, 0.2) is 0 Å². The molecule has 4 rings (SSSR count). The number of fused-ring (bicyclic) bond motifs is 1. The van der Waals surface area contributed by atoms with Gasteiger partial charge in [-0.2, -0.15) is 0 Å². The quantitative estimate of drug-likeness (QED) is 0.207. The fraction of sp³-hybridized carbons (Fsp3) is 0.333. The number of hydrogen-bond acceptors (Lipinski definition) is 9. The summed E-state index contributed by atoms with van der Waals surface area (Å²) in [6.07, 6.45) is 1.26. The van der Waals surface area contributed by atoms with Crippen LogP contribution in [-0.4, -0.2) is 45.1 Å². The SMILES string of the molecule is COC(=O)C1=C(C)N=C(C)C(C(=O)OC)C1c1ccccc1OCCCCOc1cc2ccccc2oc1=O. The number of rotatable bonds is 10. The van der Waals surface area contributed by atoms with Gasteiger partial charge in [-0.25, -0.2) is 9.59 Å². The van der Waals surface area contributed by atoms with Crippen molar-refractivity contribution in [1.82, 2.24) is 0 Å². The predicted molar refractivity (Wildman–Crippen MR) is 145 cm³/mol. The van der Waals surface area contributed by atoms with Crippen molar-refractivity contribution in [3.63, 3.8) is 0 Å². The van der Waals surface area contributed by atoms with E-state index < -0.39 is 29.4 Å². The average molecular weight is 534 g/mol. The van der Waals surface area contributed by atoms with Gasteiger partial charge in [-0.3, -0.25) is 9.79 Å². The van der Waals surface area contributed by atoms with Crippen molar-refractivity contribution >= 4 is 28.6 Å². The van der Waals surface area contributed by atoms with Gasteiger partial charge < -0.3 is 23.4 Å². The standard InChI is InChI=1S/C30H31NO8/c1-18-25(29(33)35-3)27(26(19(2)31-18)30(34)36-4)21-12-6-8-14-23(21)37-15-9-10-16-38-24-17-20-11-5-7-13-22(20)39-28(24)32/h5-8,11-14,17,25,27H,9-10,15-16H2,1-4H3. The zero-order chi connectivity index (χ0) is 27.9. The van der Waals surface area contributed by atoms with Gasteiger partial charge >= 0.3 is 17.6 Å². The van der Waals surface area contributed by atoms with Crippen LogP contribution in [0.15, 0.2) is 80.1 Å². The first-order chi connectivity index (χ1) is 18.8. The van der Waals surface area contributed by atoms with E-state index in [1.54, 1.807) is 38.1 Å². The van der Waals surface area contributed by atoms with Crippen molar-refractivity contribution in [2.75, 3.05) is 27.4 Å². The van der Waals surface area contributed by atoms with Crippen LogP contribution in [-0.2, 0) is 19.1 Å². The maximum absolute atomic E-state index is 12.8. The Morgan fingerprint density at radius 2 is 1.56 bits per heavy atom. The van der Waals surface area contributed by atoms with Crippen LogP contribution in [0.4, 0.5) is 0 Å². The third-order valence-corrected chi connectivity index (χ3v) is 6.61. The fourth-order valence-corrected chi connectivity index (χ4v) is 4.76. The van der Waals surface area contributed by atoms with Crippen molar-refractivity contribution in [3.05, 3.63) is 81.9 Å². The molecule has 9 nitrogen and oxygen atoms in total. The lowest BCUT2D eigenvalue weighted by Gasteiger charge is -2.32. The molecular formula is C30H31NO8. The highest BCUT2D eigenvalue weighted by Crippen LogP contribution is 2.43. The van der Waals surface area contributed by atoms with Gasteiger partial charge in [0, 0.05) is 28.3 Å². The minimum atomic E-state index is -0.806. The number of carbonyl (C=O) groups is 2. The van der Waals surface area contributed by atoms with E-state index in [4.69, 9.17) is 23.4 Å². The van der Waals surface area contributed by atoms with Gasteiger partial charge in [0.25, 0.3) is 0 Å². The predicted octanol–water partition coefficient (Wildman–Crippen LogP) is 4.83. The largest absolute Gasteiger partial charge is 0.493 e. The van der Waals surface area contributed by atoms with Crippen LogP contribution in [0.1, 0.15) is 38.2 Å². The number of benzene rings is 2. The summed E-state index contributed by atoms with van der Waals surface area (Å²) < 4.78 is 27.2. The van der Waals surface area contributed by atoms with Crippen molar-refractivity contribution in [3.8, 4) is 11.5 Å². The average Bonchev–Trinajstić information content (AvgIpc) is 2.94. The number of ether oxygens (including phenoxy) is 4. The molecule has 0 N–H and O–H groups in total. The molecule has 9 heteroatoms. The number of esters is 2. The van der Waals surface area contributed by atoms with Gasteiger partial charge in [0.05, 0.1) is 33.0 Å². The molecule has 0 spiro atoms. The number of unbranched alkanes of at least 4 members (excludes halogenated alkanes) is 1. The highest BCUT2D eigenvalue weighted by Gasteiger charge is 2.43. The Morgan fingerprint density at radius 1 is 0.897 bits per heavy atom. The van der Waals surface area contributed by atoms with Crippen LogP contribution in [0.5, 0.6) is 11.5 Å². The van der Waals surface area contributed by atoms with E-state index in [1.165, 1.54) is 14.2 Å². The molecule has 0 saturated heterocycles. The Balaban J connectivity index is 1.45. The molecule has 0 saturated carbocycles. The minimum absolute atomic E-state index is 0.167. The molecule has 0 radical (unpaired) electrons. The molecule has 0 amide bonds. The van der Waals surface area contributed by atoms with E-state index >= 15 is 0 Å². The number of methoxy groups -OCH3 is 2. The maximum Gasteiger partial charge on any atom is 0.379 e. The first kappa shape index (κ1) is 27.6. The molecule has 1 aromatic heterocycles. The summed E-state index contributed by atoms with van der Waals surface area (Å²) in [6, 6.07) is 16.2. The Hall–Kier alpha value is -4.40. The van der Waals surface area contributed by atoms with E-state index in [0.29, 0.717) is 54.4 Å². The summed E-state index contributed by atoms with van der Waals surface area (Å²) >= 11 is 0. The first-order valence-corrected chi connectivity index (χ1v) is 12.6. The Morgan fingerprint density at radius 3 is 2.28 bits per heavy atom. The van der Waals surface area contributed by atoms with Gasteiger partial charge in [0.2, 0.25) is 5.75 Å². The molecule has 2 heterocycles. The number of nitrogens with zero attached hydrogens (tertiary/aromatic N) is 1. The Labute approximate surface area is 226 Å². The summed E-state index contributed by atoms with van der Waals surface area (Å²) in [5.74, 6) is -1.85. The lowest BCUT2D eigenvalue weighted by atomic mass is 9.75. The summed E-state index contributed by atoms with van der Waals surface area (Å²) in [5, 5.41) is 0.788. The van der Waals surface area contributed by atoms with Crippen LogP contribution < -0.4 is 15.1 Å². The van der Waals surface area contributed by atoms with Gasteiger partial charge in [-0.1, -0.05) is 36.4 Å². The molecule has 0 bridgehead atoms. The summed E-state index contributed by atoms with van der Waals surface area (Å²) in [5.41, 5.74) is 1.96. The van der Waals surface area contributed by atoms with Gasteiger partial charge in [-0.05, 0) is 44.9 Å². The molecule has 1 aliphatic rings. The van der Waals surface area contributed by atoms with Crippen LogP contribution >= 0.6 is 0 Å². The van der Waals surface area contributed by atoms with Crippen molar-refractivity contribution < 1.29 is 33.0 Å². The smallest absolute Gasteiger partial charge is 0.379 e. The Bertz CT molecular complexity index is 1490. The van der Waals surface area contributed by atoms with E-state index in [1.807, 2.05) is 30.3 Å². The highest BCUT2D eigenvalue weighted by atomic mass is 16.5. The molecule has 204 valence electrons. The molecular weight excluding hydrogens is 502 g/mol. The van der Waals surface area contributed by atoms with Crippen LogP contribution in [0.2, 0.25) is 0 Å². The zero-order valence-electron chi connectivity index (χ0n) is 22.4. The third-order valence-electron chi connectivity index (χ3n) is 6.61. The monoisotopic (exact) mass is 533 g/mol. The summed E-state index contributed by atoms with van der Waals surface area (Å²) in [6.45, 7) is 4.12. The second-order valence-electron chi connectivity index (χ2n) is 9.10. The molecule has 1 aliphatic heterocycles. The lowest BCUT2D eigenvalue weighted by Crippen LogP contribution is -2.36. The molecule has 2 unspecified atom stereocenters. The van der Waals surface area contributed by atoms with Crippen LogP contribution in [0.3, 0.4) is 0 Å². The first-order valence-electron chi connectivity index (χ1n) is 12.6. The molecule has 3 aromatic rings. The molecule has 2 aromatic carbocycles. The van der Waals surface area contributed by atoms with Gasteiger partial charge in [-0.15, -0.1) is 0 Å². The fourth-order valence-electron chi connectivity index (χ4n) is 4.76. The van der Waals surface area contributed by atoms with Crippen LogP contribution in [0, 0.1) is 5.92 Å². The van der Waals surface area contributed by atoms with E-state index in [2.05, 4.69) is 4.99 Å². The second kappa shape index (κ2) is 12.4. The van der Waals surface area contributed by atoms with E-state index in [0.717, 1.165) is 5.39 Å². The van der Waals surface area contributed by atoms with E-state index in [-0.39, 0.29) is 11.3 Å². The minimum Gasteiger partial charge on any atom is -0.493 e. The molecule has 0 aliphatic carbocycles.